The van der Waals surface area contributed by atoms with Crippen molar-refractivity contribution < 1.29 is 4.92 Å². The van der Waals surface area contributed by atoms with Gasteiger partial charge in [-0.25, -0.2) is 0 Å². The maximum absolute atomic E-state index is 10.7. The lowest BCUT2D eigenvalue weighted by Crippen LogP contribution is -2.09. The minimum absolute atomic E-state index is 0.0735. The van der Waals surface area contributed by atoms with E-state index < -0.39 is 4.92 Å². The van der Waals surface area contributed by atoms with Crippen molar-refractivity contribution in [1.82, 2.24) is 14.8 Å². The summed E-state index contributed by atoms with van der Waals surface area (Å²) in [5.74, 6) is 2.05. The smallest absolute Gasteiger partial charge is 0.269 e. The van der Waals surface area contributed by atoms with Crippen LogP contribution in [0.25, 0.3) is 11.4 Å². The van der Waals surface area contributed by atoms with E-state index >= 15 is 0 Å². The summed E-state index contributed by atoms with van der Waals surface area (Å²) in [6.07, 6.45) is 0. The third kappa shape index (κ3) is 3.04. The molecule has 20 heavy (non-hydrogen) atoms. The van der Waals surface area contributed by atoms with Crippen molar-refractivity contribution >= 4 is 21.6 Å². The Morgan fingerprint density at radius 2 is 1.95 bits per heavy atom. The van der Waals surface area contributed by atoms with Crippen molar-refractivity contribution in [2.75, 3.05) is 0 Å². The number of halogens is 1. The van der Waals surface area contributed by atoms with Crippen LogP contribution in [0.15, 0.2) is 24.3 Å². The van der Waals surface area contributed by atoms with Gasteiger partial charge in [0.2, 0.25) is 0 Å². The fraction of sp³-hybridized carbons (Fsp3) is 0.385. The Morgan fingerprint density at radius 1 is 1.30 bits per heavy atom. The summed E-state index contributed by atoms with van der Waals surface area (Å²) in [6.45, 7) is 5.05. The van der Waals surface area contributed by atoms with Gasteiger partial charge in [-0.1, -0.05) is 29.8 Å². The van der Waals surface area contributed by atoms with Crippen LogP contribution in [0.4, 0.5) is 5.69 Å². The van der Waals surface area contributed by atoms with Gasteiger partial charge in [-0.15, -0.1) is 10.2 Å². The highest BCUT2D eigenvalue weighted by atomic mass is 79.9. The number of nitro benzene ring substituents is 1. The summed E-state index contributed by atoms with van der Waals surface area (Å²) in [4.78, 5) is 10.3. The van der Waals surface area contributed by atoms with Gasteiger partial charge in [-0.3, -0.25) is 10.1 Å². The van der Waals surface area contributed by atoms with Gasteiger partial charge in [-0.05, 0) is 18.1 Å². The average Bonchev–Trinajstić information content (AvgIpc) is 2.81. The van der Waals surface area contributed by atoms with E-state index in [4.69, 9.17) is 0 Å². The average molecular weight is 339 g/mol. The van der Waals surface area contributed by atoms with Crippen molar-refractivity contribution in [2.45, 2.75) is 25.7 Å². The van der Waals surface area contributed by atoms with Crippen LogP contribution in [-0.4, -0.2) is 19.7 Å². The van der Waals surface area contributed by atoms with Gasteiger partial charge in [0.15, 0.2) is 5.82 Å². The van der Waals surface area contributed by atoms with Gasteiger partial charge in [0.05, 0.1) is 10.3 Å². The molecule has 0 aliphatic carbocycles. The second kappa shape index (κ2) is 6.13. The van der Waals surface area contributed by atoms with E-state index in [0.29, 0.717) is 11.2 Å². The van der Waals surface area contributed by atoms with Crippen molar-refractivity contribution in [1.29, 1.82) is 0 Å². The molecule has 0 radical (unpaired) electrons. The monoisotopic (exact) mass is 338 g/mol. The molecular formula is C13H15BrN4O2. The van der Waals surface area contributed by atoms with Crippen LogP contribution < -0.4 is 0 Å². The molecule has 0 fully saturated rings. The lowest BCUT2D eigenvalue weighted by molar-refractivity contribution is -0.384. The number of aromatic nitrogens is 3. The first-order valence-corrected chi connectivity index (χ1v) is 7.38. The maximum atomic E-state index is 10.7. The summed E-state index contributed by atoms with van der Waals surface area (Å²) >= 11 is 3.40. The predicted molar refractivity (Wildman–Crippen MR) is 79.6 cm³/mol. The third-order valence-corrected chi connectivity index (χ3v) is 3.33. The van der Waals surface area contributed by atoms with E-state index in [1.165, 1.54) is 12.1 Å². The van der Waals surface area contributed by atoms with Gasteiger partial charge >= 0.3 is 0 Å². The number of hydrogen-bond donors (Lipinski definition) is 0. The first kappa shape index (κ1) is 14.6. The Hall–Kier alpha value is -1.76. The Morgan fingerprint density at radius 3 is 2.45 bits per heavy atom. The fourth-order valence-electron chi connectivity index (χ4n) is 1.94. The van der Waals surface area contributed by atoms with Crippen LogP contribution in [-0.2, 0) is 11.9 Å². The molecule has 0 bridgehead atoms. The van der Waals surface area contributed by atoms with E-state index in [9.17, 15) is 10.1 Å². The molecule has 106 valence electrons. The van der Waals surface area contributed by atoms with Gasteiger partial charge in [0.1, 0.15) is 5.82 Å². The molecule has 6 nitrogen and oxygen atoms in total. The van der Waals surface area contributed by atoms with Crippen molar-refractivity contribution in [2.24, 2.45) is 5.92 Å². The lowest BCUT2D eigenvalue weighted by atomic mass is 10.1. The topological polar surface area (TPSA) is 73.8 Å². The zero-order valence-electron chi connectivity index (χ0n) is 11.3. The highest BCUT2D eigenvalue weighted by Gasteiger charge is 2.15. The number of nitrogens with zero attached hydrogens (tertiary/aromatic N) is 4. The number of benzene rings is 1. The Labute approximate surface area is 125 Å². The summed E-state index contributed by atoms with van der Waals surface area (Å²) in [5, 5.41) is 19.7. The van der Waals surface area contributed by atoms with E-state index in [0.717, 1.165) is 23.8 Å². The van der Waals surface area contributed by atoms with E-state index in [-0.39, 0.29) is 5.69 Å². The molecule has 0 atom stereocenters. The molecule has 1 aromatic heterocycles. The number of rotatable bonds is 5. The maximum Gasteiger partial charge on any atom is 0.269 e. The molecule has 1 aromatic carbocycles. The summed E-state index contributed by atoms with van der Waals surface area (Å²) in [6, 6.07) is 6.38. The van der Waals surface area contributed by atoms with Crippen LogP contribution >= 0.6 is 15.9 Å². The summed E-state index contributed by atoms with van der Waals surface area (Å²) in [5.41, 5.74) is 0.903. The molecule has 0 aliphatic heterocycles. The Balaban J connectivity index is 2.41. The summed E-state index contributed by atoms with van der Waals surface area (Å²) in [7, 11) is 0. The SMILES string of the molecule is CC(C)Cn1c(CBr)nnc1-c1ccc([N+](=O)[O-])cc1. The first-order chi connectivity index (χ1) is 9.52. The molecule has 2 aromatic rings. The molecule has 0 saturated heterocycles. The van der Waals surface area contributed by atoms with Crippen molar-refractivity contribution in [3.8, 4) is 11.4 Å². The number of hydrogen-bond acceptors (Lipinski definition) is 4. The standard InChI is InChI=1S/C13H15BrN4O2/c1-9(2)8-17-12(7-14)15-16-13(17)10-3-5-11(6-4-10)18(19)20/h3-6,9H,7-8H2,1-2H3. The second-order valence-corrected chi connectivity index (χ2v) is 5.44. The molecule has 1 heterocycles. The van der Waals surface area contributed by atoms with Crippen molar-refractivity contribution in [3.63, 3.8) is 0 Å². The van der Waals surface area contributed by atoms with Crippen molar-refractivity contribution in [3.05, 3.63) is 40.2 Å². The normalized spacial score (nSPS) is 11.0. The number of nitro groups is 1. The number of non-ortho nitro benzene ring substituents is 1. The molecule has 2 rings (SSSR count). The van der Waals surface area contributed by atoms with Crippen LogP contribution in [0, 0.1) is 16.0 Å². The highest BCUT2D eigenvalue weighted by Crippen LogP contribution is 2.23. The molecule has 0 N–H and O–H groups in total. The Kier molecular flexibility index (Phi) is 4.49. The molecule has 0 aliphatic rings. The Bertz CT molecular complexity index is 607. The minimum Gasteiger partial charge on any atom is -0.310 e. The number of alkyl halides is 1. The van der Waals surface area contributed by atoms with Crippen LogP contribution in [0.2, 0.25) is 0 Å². The predicted octanol–water partition coefficient (Wildman–Crippen LogP) is 3.40. The van der Waals surface area contributed by atoms with Crippen LogP contribution in [0.1, 0.15) is 19.7 Å². The third-order valence-electron chi connectivity index (χ3n) is 2.83. The molecule has 0 spiro atoms. The van der Waals surface area contributed by atoms with E-state index in [1.807, 2.05) is 4.57 Å². The van der Waals surface area contributed by atoms with Gasteiger partial charge in [0.25, 0.3) is 5.69 Å². The zero-order valence-corrected chi connectivity index (χ0v) is 12.9. The second-order valence-electron chi connectivity index (χ2n) is 4.88. The lowest BCUT2D eigenvalue weighted by Gasteiger charge is -2.11. The molecule has 0 amide bonds. The quantitative estimate of drug-likeness (QED) is 0.475. The van der Waals surface area contributed by atoms with E-state index in [1.54, 1.807) is 12.1 Å². The largest absolute Gasteiger partial charge is 0.310 e. The molecule has 0 unspecified atom stereocenters. The van der Waals surface area contributed by atoms with Crippen LogP contribution in [0.3, 0.4) is 0 Å². The minimum atomic E-state index is -0.410. The molecule has 0 saturated carbocycles. The molecular weight excluding hydrogens is 324 g/mol. The van der Waals surface area contributed by atoms with Crippen LogP contribution in [0.5, 0.6) is 0 Å². The zero-order chi connectivity index (χ0) is 14.7. The van der Waals surface area contributed by atoms with Gasteiger partial charge < -0.3 is 4.57 Å². The van der Waals surface area contributed by atoms with E-state index in [2.05, 4.69) is 40.0 Å². The first-order valence-electron chi connectivity index (χ1n) is 6.25. The highest BCUT2D eigenvalue weighted by molar-refractivity contribution is 9.08. The summed E-state index contributed by atoms with van der Waals surface area (Å²) < 4.78 is 2.04. The molecule has 7 heteroatoms. The fourth-order valence-corrected chi connectivity index (χ4v) is 2.35. The van der Waals surface area contributed by atoms with Gasteiger partial charge in [0, 0.05) is 24.2 Å². The van der Waals surface area contributed by atoms with Gasteiger partial charge in [-0.2, -0.15) is 0 Å².